The van der Waals surface area contributed by atoms with E-state index in [-0.39, 0.29) is 17.0 Å². The fourth-order valence-corrected chi connectivity index (χ4v) is 2.47. The predicted molar refractivity (Wildman–Crippen MR) is 77.2 cm³/mol. The summed E-state index contributed by atoms with van der Waals surface area (Å²) >= 11 is 5.68. The molecule has 1 heterocycles. The van der Waals surface area contributed by atoms with Crippen LogP contribution < -0.4 is 5.32 Å². The molecule has 20 heavy (non-hydrogen) atoms. The topological polar surface area (TPSA) is 35.6 Å². The molecule has 0 aliphatic carbocycles. The van der Waals surface area contributed by atoms with Gasteiger partial charge in [-0.15, -0.1) is 0 Å². The summed E-state index contributed by atoms with van der Waals surface area (Å²) < 4.78 is 13.5. The number of halogens is 2. The van der Waals surface area contributed by atoms with E-state index in [1.54, 1.807) is 31.1 Å². The van der Waals surface area contributed by atoms with Crippen molar-refractivity contribution >= 4 is 17.5 Å². The van der Waals surface area contributed by atoms with Gasteiger partial charge in [-0.1, -0.05) is 17.7 Å². The van der Waals surface area contributed by atoms with E-state index in [1.165, 1.54) is 6.07 Å². The molecule has 1 aliphatic rings. The van der Waals surface area contributed by atoms with Crippen molar-refractivity contribution in [3.63, 3.8) is 0 Å². The molecule has 0 aromatic heterocycles. The normalized spacial score (nSPS) is 19.9. The van der Waals surface area contributed by atoms with Crippen molar-refractivity contribution in [2.75, 3.05) is 33.7 Å². The molecular formula is C14H19ClFN3O. The van der Waals surface area contributed by atoms with E-state index >= 15 is 0 Å². The third-order valence-corrected chi connectivity index (χ3v) is 3.76. The maximum absolute atomic E-state index is 13.5. The summed E-state index contributed by atoms with van der Waals surface area (Å²) in [6.45, 7) is 2.74. The van der Waals surface area contributed by atoms with Crippen LogP contribution in [0.3, 0.4) is 0 Å². The van der Waals surface area contributed by atoms with Gasteiger partial charge in [-0.25, -0.2) is 4.39 Å². The van der Waals surface area contributed by atoms with Crippen LogP contribution in [0.5, 0.6) is 0 Å². The molecule has 1 saturated heterocycles. The average molecular weight is 300 g/mol. The van der Waals surface area contributed by atoms with Gasteiger partial charge in [0.1, 0.15) is 11.9 Å². The van der Waals surface area contributed by atoms with Gasteiger partial charge in [0.05, 0.1) is 5.02 Å². The molecule has 6 heteroatoms. The Balaban J connectivity index is 2.12. The van der Waals surface area contributed by atoms with Crippen molar-refractivity contribution in [3.8, 4) is 0 Å². The SMILES string of the molecule is CN(C)C(=O)C1CNCCN1Cc1ccc(Cl)c(F)c1. The highest BCUT2D eigenvalue weighted by Crippen LogP contribution is 2.18. The number of rotatable bonds is 3. The third kappa shape index (κ3) is 3.48. The van der Waals surface area contributed by atoms with Crippen molar-refractivity contribution in [1.82, 2.24) is 15.1 Å². The summed E-state index contributed by atoms with van der Waals surface area (Å²) in [6, 6.07) is 4.57. The summed E-state index contributed by atoms with van der Waals surface area (Å²) in [7, 11) is 3.49. The number of piperazine rings is 1. The Labute approximate surface area is 123 Å². The van der Waals surface area contributed by atoms with Crippen molar-refractivity contribution in [2.45, 2.75) is 12.6 Å². The van der Waals surface area contributed by atoms with E-state index in [4.69, 9.17) is 11.6 Å². The van der Waals surface area contributed by atoms with Crippen molar-refractivity contribution in [3.05, 3.63) is 34.6 Å². The Hall–Kier alpha value is -1.17. The van der Waals surface area contributed by atoms with Gasteiger partial charge >= 0.3 is 0 Å². The summed E-state index contributed by atoms with van der Waals surface area (Å²) in [5, 5.41) is 3.34. The van der Waals surface area contributed by atoms with E-state index in [0.29, 0.717) is 13.1 Å². The van der Waals surface area contributed by atoms with Gasteiger partial charge in [0.15, 0.2) is 0 Å². The Morgan fingerprint density at radius 1 is 1.55 bits per heavy atom. The average Bonchev–Trinajstić information content (AvgIpc) is 2.42. The summed E-state index contributed by atoms with van der Waals surface area (Å²) in [4.78, 5) is 15.8. The maximum Gasteiger partial charge on any atom is 0.240 e. The number of amides is 1. The highest BCUT2D eigenvalue weighted by atomic mass is 35.5. The number of carbonyl (C=O) groups is 1. The minimum absolute atomic E-state index is 0.0617. The molecule has 1 unspecified atom stereocenters. The summed E-state index contributed by atoms with van der Waals surface area (Å²) in [5.41, 5.74) is 0.824. The van der Waals surface area contributed by atoms with Crippen LogP contribution in [0.2, 0.25) is 5.02 Å². The zero-order chi connectivity index (χ0) is 14.7. The second kappa shape index (κ2) is 6.52. The highest BCUT2D eigenvalue weighted by Gasteiger charge is 2.29. The van der Waals surface area contributed by atoms with Crippen LogP contribution in [-0.2, 0) is 11.3 Å². The second-order valence-corrected chi connectivity index (χ2v) is 5.58. The van der Waals surface area contributed by atoms with Crippen molar-refractivity contribution < 1.29 is 9.18 Å². The molecule has 2 rings (SSSR count). The Kier molecular flexibility index (Phi) is 4.96. The number of likely N-dealkylation sites (N-methyl/N-ethyl adjacent to an activating group) is 1. The molecule has 0 saturated carbocycles. The Bertz CT molecular complexity index is 495. The molecule has 4 nitrogen and oxygen atoms in total. The summed E-state index contributed by atoms with van der Waals surface area (Å²) in [6.07, 6.45) is 0. The number of nitrogens with one attached hydrogen (secondary N) is 1. The molecule has 0 spiro atoms. The quantitative estimate of drug-likeness (QED) is 0.915. The lowest BCUT2D eigenvalue weighted by Gasteiger charge is -2.36. The van der Waals surface area contributed by atoms with E-state index in [9.17, 15) is 9.18 Å². The van der Waals surface area contributed by atoms with Gasteiger partial charge in [-0.05, 0) is 17.7 Å². The molecule has 110 valence electrons. The maximum atomic E-state index is 13.5. The smallest absolute Gasteiger partial charge is 0.240 e. The molecule has 1 fully saturated rings. The third-order valence-electron chi connectivity index (χ3n) is 3.45. The zero-order valence-electron chi connectivity index (χ0n) is 11.7. The van der Waals surface area contributed by atoms with E-state index in [2.05, 4.69) is 10.2 Å². The lowest BCUT2D eigenvalue weighted by Crippen LogP contribution is -2.57. The van der Waals surface area contributed by atoms with Gasteiger partial charge in [0.25, 0.3) is 0 Å². The molecule has 1 aromatic rings. The van der Waals surface area contributed by atoms with E-state index in [0.717, 1.165) is 18.7 Å². The number of carbonyl (C=O) groups excluding carboxylic acids is 1. The summed E-state index contributed by atoms with van der Waals surface area (Å²) in [5.74, 6) is -0.360. The minimum atomic E-state index is -0.421. The molecule has 0 radical (unpaired) electrons. The van der Waals surface area contributed by atoms with Gasteiger partial charge in [-0.2, -0.15) is 0 Å². The Morgan fingerprint density at radius 2 is 2.30 bits per heavy atom. The molecule has 1 atom stereocenters. The van der Waals surface area contributed by atoms with Gasteiger partial charge in [-0.3, -0.25) is 9.69 Å². The van der Waals surface area contributed by atoms with Crippen LogP contribution in [0.15, 0.2) is 18.2 Å². The largest absolute Gasteiger partial charge is 0.347 e. The van der Waals surface area contributed by atoms with Crippen LogP contribution >= 0.6 is 11.6 Å². The van der Waals surface area contributed by atoms with Crippen LogP contribution in [0.4, 0.5) is 4.39 Å². The lowest BCUT2D eigenvalue weighted by atomic mass is 10.1. The second-order valence-electron chi connectivity index (χ2n) is 5.17. The number of benzene rings is 1. The number of hydrogen-bond donors (Lipinski definition) is 1. The zero-order valence-corrected chi connectivity index (χ0v) is 12.5. The molecule has 1 N–H and O–H groups in total. The molecule has 1 aliphatic heterocycles. The first-order chi connectivity index (χ1) is 9.49. The van der Waals surface area contributed by atoms with Gasteiger partial charge < -0.3 is 10.2 Å². The molecular weight excluding hydrogens is 281 g/mol. The first-order valence-corrected chi connectivity index (χ1v) is 6.96. The highest BCUT2D eigenvalue weighted by molar-refractivity contribution is 6.30. The fourth-order valence-electron chi connectivity index (χ4n) is 2.35. The first-order valence-electron chi connectivity index (χ1n) is 6.59. The van der Waals surface area contributed by atoms with Crippen molar-refractivity contribution in [2.24, 2.45) is 0 Å². The van der Waals surface area contributed by atoms with Crippen LogP contribution in [0.25, 0.3) is 0 Å². The number of nitrogens with zero attached hydrogens (tertiary/aromatic N) is 2. The first kappa shape index (κ1) is 15.2. The lowest BCUT2D eigenvalue weighted by molar-refractivity contribution is -0.135. The van der Waals surface area contributed by atoms with Gasteiger partial charge in [0, 0.05) is 40.3 Å². The molecule has 1 aromatic carbocycles. The number of hydrogen-bond acceptors (Lipinski definition) is 3. The Morgan fingerprint density at radius 3 is 2.95 bits per heavy atom. The van der Waals surface area contributed by atoms with Gasteiger partial charge in [0.2, 0.25) is 5.91 Å². The van der Waals surface area contributed by atoms with E-state index < -0.39 is 5.82 Å². The molecule has 0 bridgehead atoms. The fraction of sp³-hybridized carbons (Fsp3) is 0.500. The standard InChI is InChI=1S/C14H19ClFN3O/c1-18(2)14(20)13-8-17-5-6-19(13)9-10-3-4-11(15)12(16)7-10/h3-4,7,13,17H,5-6,8-9H2,1-2H3. The van der Waals surface area contributed by atoms with Crippen LogP contribution in [0.1, 0.15) is 5.56 Å². The minimum Gasteiger partial charge on any atom is -0.347 e. The predicted octanol–water partition coefficient (Wildman–Crippen LogP) is 1.34. The van der Waals surface area contributed by atoms with Crippen LogP contribution in [0, 0.1) is 5.82 Å². The van der Waals surface area contributed by atoms with Crippen molar-refractivity contribution in [1.29, 1.82) is 0 Å². The monoisotopic (exact) mass is 299 g/mol. The molecule has 1 amide bonds. The van der Waals surface area contributed by atoms with E-state index in [1.807, 2.05) is 0 Å². The van der Waals surface area contributed by atoms with Crippen LogP contribution in [-0.4, -0.2) is 55.5 Å².